The molecule has 4 heteroatoms. The standard InChI is InChI=1S/C44H34N4/c1-5-13-39(14-6-1)47(40-15-7-2-8-16-40)43-29-23-35(24-30-43)21-27-37-33-38(46-34-45-37)28-22-36-25-31-44(32-26-36)48(41-17-9-3-10-18-41)42-19-11-4-12-20-42/h1-34H/b27-21+,28-22+. The molecule has 1 heterocycles. The molecule has 0 fully saturated rings. The second-order valence-electron chi connectivity index (χ2n) is 11.2. The number of rotatable bonds is 10. The first kappa shape index (κ1) is 30.2. The second-order valence-corrected chi connectivity index (χ2v) is 11.2. The van der Waals surface area contributed by atoms with E-state index in [1.54, 1.807) is 6.33 Å². The van der Waals surface area contributed by atoms with Crippen molar-refractivity contribution in [3.63, 3.8) is 0 Å². The van der Waals surface area contributed by atoms with Crippen molar-refractivity contribution in [1.82, 2.24) is 9.97 Å². The van der Waals surface area contributed by atoms with Crippen molar-refractivity contribution >= 4 is 58.4 Å². The molecule has 0 unspecified atom stereocenters. The lowest BCUT2D eigenvalue weighted by Gasteiger charge is -2.25. The highest BCUT2D eigenvalue weighted by Gasteiger charge is 2.12. The Morgan fingerprint density at radius 2 is 0.604 bits per heavy atom. The summed E-state index contributed by atoms with van der Waals surface area (Å²) >= 11 is 0. The number of nitrogens with zero attached hydrogens (tertiary/aromatic N) is 4. The van der Waals surface area contributed by atoms with Gasteiger partial charge in [-0.15, -0.1) is 0 Å². The van der Waals surface area contributed by atoms with Crippen molar-refractivity contribution in [2.75, 3.05) is 9.80 Å². The third kappa shape index (κ3) is 7.30. The van der Waals surface area contributed by atoms with Crippen LogP contribution in [0, 0.1) is 0 Å². The maximum Gasteiger partial charge on any atom is 0.116 e. The van der Waals surface area contributed by atoms with Gasteiger partial charge in [-0.1, -0.05) is 109 Å². The summed E-state index contributed by atoms with van der Waals surface area (Å²) in [5, 5.41) is 0. The number of benzene rings is 6. The monoisotopic (exact) mass is 618 g/mol. The van der Waals surface area contributed by atoms with Gasteiger partial charge in [0.15, 0.2) is 0 Å². The van der Waals surface area contributed by atoms with Gasteiger partial charge in [-0.3, -0.25) is 0 Å². The van der Waals surface area contributed by atoms with Crippen LogP contribution in [0.2, 0.25) is 0 Å². The van der Waals surface area contributed by atoms with Gasteiger partial charge in [0, 0.05) is 34.1 Å². The molecule has 48 heavy (non-hydrogen) atoms. The topological polar surface area (TPSA) is 32.3 Å². The number of hydrogen-bond donors (Lipinski definition) is 0. The lowest BCUT2D eigenvalue weighted by Crippen LogP contribution is -2.09. The molecule has 0 bridgehead atoms. The van der Waals surface area contributed by atoms with Gasteiger partial charge < -0.3 is 9.80 Å². The van der Waals surface area contributed by atoms with Gasteiger partial charge in [0.05, 0.1) is 11.4 Å². The van der Waals surface area contributed by atoms with Gasteiger partial charge in [0.1, 0.15) is 6.33 Å². The van der Waals surface area contributed by atoms with Gasteiger partial charge in [-0.2, -0.15) is 0 Å². The van der Waals surface area contributed by atoms with E-state index in [2.05, 4.69) is 178 Å². The van der Waals surface area contributed by atoms with Crippen molar-refractivity contribution in [2.45, 2.75) is 0 Å². The quantitative estimate of drug-likeness (QED) is 0.153. The van der Waals surface area contributed by atoms with E-state index in [4.69, 9.17) is 0 Å². The van der Waals surface area contributed by atoms with Crippen LogP contribution in [0.1, 0.15) is 22.5 Å². The van der Waals surface area contributed by atoms with E-state index in [0.29, 0.717) is 0 Å². The first-order valence-electron chi connectivity index (χ1n) is 16.0. The van der Waals surface area contributed by atoms with Crippen LogP contribution >= 0.6 is 0 Å². The normalized spacial score (nSPS) is 11.2. The van der Waals surface area contributed by atoms with Crippen LogP contribution in [0.3, 0.4) is 0 Å². The Morgan fingerprint density at radius 1 is 0.312 bits per heavy atom. The largest absolute Gasteiger partial charge is 0.311 e. The zero-order chi connectivity index (χ0) is 32.4. The summed E-state index contributed by atoms with van der Waals surface area (Å²) in [5.74, 6) is 0. The van der Waals surface area contributed by atoms with Crippen molar-refractivity contribution in [2.24, 2.45) is 0 Å². The Balaban J connectivity index is 1.05. The van der Waals surface area contributed by atoms with Crippen LogP contribution in [-0.2, 0) is 0 Å². The molecule has 7 aromatic rings. The molecule has 0 aliphatic rings. The molecule has 0 aliphatic heterocycles. The fraction of sp³-hybridized carbons (Fsp3) is 0. The van der Waals surface area contributed by atoms with Crippen LogP contribution < -0.4 is 9.80 Å². The molecule has 1 aromatic heterocycles. The lowest BCUT2D eigenvalue weighted by atomic mass is 10.1. The molecule has 0 N–H and O–H groups in total. The van der Waals surface area contributed by atoms with Crippen LogP contribution in [0.5, 0.6) is 0 Å². The number of hydrogen-bond acceptors (Lipinski definition) is 4. The van der Waals surface area contributed by atoms with E-state index in [1.165, 1.54) is 0 Å². The summed E-state index contributed by atoms with van der Waals surface area (Å²) in [7, 11) is 0. The minimum atomic E-state index is 0.848. The Labute approximate surface area is 282 Å². The third-order valence-electron chi connectivity index (χ3n) is 7.96. The Hall–Kier alpha value is -6.52. The van der Waals surface area contributed by atoms with Gasteiger partial charge >= 0.3 is 0 Å². The molecule has 0 aliphatic carbocycles. The Kier molecular flexibility index (Phi) is 9.24. The molecule has 6 aromatic carbocycles. The number of aromatic nitrogens is 2. The van der Waals surface area contributed by atoms with Gasteiger partial charge in [0.25, 0.3) is 0 Å². The molecule has 7 rings (SSSR count). The number of para-hydroxylation sites is 4. The molecule has 0 spiro atoms. The summed E-state index contributed by atoms with van der Waals surface area (Å²) in [6, 6.07) is 60.8. The molecule has 0 saturated heterocycles. The summed E-state index contributed by atoms with van der Waals surface area (Å²) in [5.41, 5.74) is 10.5. The fourth-order valence-corrected chi connectivity index (χ4v) is 5.61. The van der Waals surface area contributed by atoms with Crippen LogP contribution in [-0.4, -0.2) is 9.97 Å². The van der Waals surface area contributed by atoms with E-state index in [1.807, 2.05) is 42.5 Å². The van der Waals surface area contributed by atoms with E-state index < -0.39 is 0 Å². The van der Waals surface area contributed by atoms with Crippen LogP contribution in [0.25, 0.3) is 24.3 Å². The van der Waals surface area contributed by atoms with Crippen LogP contribution in [0.15, 0.2) is 182 Å². The predicted octanol–water partition coefficient (Wildman–Crippen LogP) is 11.8. The molecule has 0 saturated carbocycles. The zero-order valence-corrected chi connectivity index (χ0v) is 26.4. The highest BCUT2D eigenvalue weighted by atomic mass is 15.1. The molecule has 0 amide bonds. The maximum absolute atomic E-state index is 4.48. The molecule has 230 valence electrons. The summed E-state index contributed by atoms with van der Waals surface area (Å²) in [4.78, 5) is 13.5. The zero-order valence-electron chi connectivity index (χ0n) is 26.4. The minimum Gasteiger partial charge on any atom is -0.311 e. The molecule has 0 atom stereocenters. The first-order valence-corrected chi connectivity index (χ1v) is 16.0. The average molecular weight is 619 g/mol. The Morgan fingerprint density at radius 3 is 0.917 bits per heavy atom. The van der Waals surface area contributed by atoms with Gasteiger partial charge in [-0.25, -0.2) is 9.97 Å². The second kappa shape index (κ2) is 14.7. The fourth-order valence-electron chi connectivity index (χ4n) is 5.61. The smallest absolute Gasteiger partial charge is 0.116 e. The van der Waals surface area contributed by atoms with Crippen molar-refractivity contribution in [3.8, 4) is 0 Å². The van der Waals surface area contributed by atoms with Crippen molar-refractivity contribution < 1.29 is 0 Å². The number of anilines is 6. The maximum atomic E-state index is 4.48. The van der Waals surface area contributed by atoms with E-state index in [0.717, 1.165) is 56.6 Å². The van der Waals surface area contributed by atoms with Crippen molar-refractivity contribution in [1.29, 1.82) is 0 Å². The Bertz CT molecular complexity index is 1860. The highest BCUT2D eigenvalue weighted by Crippen LogP contribution is 2.35. The predicted molar refractivity (Wildman–Crippen MR) is 202 cm³/mol. The molecular formula is C44H34N4. The summed E-state index contributed by atoms with van der Waals surface area (Å²) in [6.07, 6.45) is 9.83. The summed E-state index contributed by atoms with van der Waals surface area (Å²) < 4.78 is 0. The van der Waals surface area contributed by atoms with E-state index in [9.17, 15) is 0 Å². The third-order valence-corrected chi connectivity index (χ3v) is 7.96. The van der Waals surface area contributed by atoms with Gasteiger partial charge in [0.2, 0.25) is 0 Å². The van der Waals surface area contributed by atoms with Gasteiger partial charge in [-0.05, 0) is 102 Å². The first-order chi connectivity index (χ1) is 23.8. The molecule has 0 radical (unpaired) electrons. The summed E-state index contributed by atoms with van der Waals surface area (Å²) in [6.45, 7) is 0. The van der Waals surface area contributed by atoms with E-state index in [-0.39, 0.29) is 0 Å². The van der Waals surface area contributed by atoms with E-state index >= 15 is 0 Å². The highest BCUT2D eigenvalue weighted by molar-refractivity contribution is 5.79. The molecular weight excluding hydrogens is 585 g/mol. The van der Waals surface area contributed by atoms with Crippen LogP contribution in [0.4, 0.5) is 34.1 Å². The lowest BCUT2D eigenvalue weighted by molar-refractivity contribution is 1.14. The minimum absolute atomic E-state index is 0.848. The SMILES string of the molecule is C(=C\c1cc(/C=C/c2ccc(N(c3ccccc3)c3ccccc3)cc2)ncn1)/c1ccc(N(c2ccccc2)c2ccccc2)cc1. The molecule has 4 nitrogen and oxygen atoms in total. The average Bonchev–Trinajstić information content (AvgIpc) is 3.16. The van der Waals surface area contributed by atoms with Crippen molar-refractivity contribution in [3.05, 3.63) is 205 Å².